The van der Waals surface area contributed by atoms with Crippen molar-refractivity contribution in [2.75, 3.05) is 0 Å². The maximum atomic E-state index is 12.7. The number of hydrogen-bond donors (Lipinski definition) is 0. The molecule has 0 aliphatic carbocycles. The Kier molecular flexibility index (Phi) is 12.5. The topological polar surface area (TPSA) is 0 Å². The van der Waals surface area contributed by atoms with Crippen LogP contribution in [0.3, 0.4) is 0 Å². The molecule has 0 nitrogen and oxygen atoms in total. The van der Waals surface area contributed by atoms with E-state index in [1.54, 1.807) is 6.07 Å². The fourth-order valence-corrected chi connectivity index (χ4v) is 3.87. The van der Waals surface area contributed by atoms with Crippen LogP contribution in [0.25, 0.3) is 0 Å². The maximum absolute atomic E-state index is 12.7. The van der Waals surface area contributed by atoms with Gasteiger partial charge in [-0.15, -0.1) is 0 Å². The van der Waals surface area contributed by atoms with E-state index in [2.05, 4.69) is 58.9 Å². The van der Waals surface area contributed by atoms with Crippen molar-refractivity contribution in [3.05, 3.63) is 70.3 Å². The molecule has 2 aromatic carbocycles. The normalized spacial score (nSPS) is 12.0. The minimum Gasteiger partial charge on any atom is -0.166 e. The molecule has 0 radical (unpaired) electrons. The first-order chi connectivity index (χ1) is 14.7. The lowest BCUT2D eigenvalue weighted by atomic mass is 9.81. The third-order valence-electron chi connectivity index (χ3n) is 5.67. The van der Waals surface area contributed by atoms with Crippen LogP contribution >= 0.6 is 0 Å². The lowest BCUT2D eigenvalue weighted by molar-refractivity contribution is -0.137. The molecule has 0 spiro atoms. The van der Waals surface area contributed by atoms with Gasteiger partial charge in [-0.2, -0.15) is 13.2 Å². The Hall–Kier alpha value is -1.77. The van der Waals surface area contributed by atoms with Gasteiger partial charge < -0.3 is 0 Å². The summed E-state index contributed by atoms with van der Waals surface area (Å²) < 4.78 is 38.2. The highest BCUT2D eigenvalue weighted by Crippen LogP contribution is 2.35. The molecule has 0 aliphatic heterocycles. The number of alkyl halides is 3. The molecule has 0 atom stereocenters. The summed E-state index contributed by atoms with van der Waals surface area (Å²) in [6.45, 7) is 17.1. The first-order valence-corrected chi connectivity index (χ1v) is 12.0. The van der Waals surface area contributed by atoms with E-state index in [0.717, 1.165) is 30.4 Å². The lowest BCUT2D eigenvalue weighted by Gasteiger charge is -2.24. The predicted octanol–water partition coefficient (Wildman–Crippen LogP) is 10.3. The van der Waals surface area contributed by atoms with Crippen LogP contribution in [-0.4, -0.2) is 0 Å². The number of benzene rings is 2. The molecule has 2 aromatic rings. The van der Waals surface area contributed by atoms with Gasteiger partial charge in [0.1, 0.15) is 0 Å². The Morgan fingerprint density at radius 1 is 0.636 bits per heavy atom. The Morgan fingerprint density at radius 3 is 1.52 bits per heavy atom. The number of unbranched alkanes of at least 4 members (excludes halogenated alkanes) is 2. The molecule has 0 heterocycles. The largest absolute Gasteiger partial charge is 0.416 e. The highest BCUT2D eigenvalue weighted by atomic mass is 19.4. The van der Waals surface area contributed by atoms with Crippen molar-refractivity contribution in [1.29, 1.82) is 0 Å². The smallest absolute Gasteiger partial charge is 0.166 e. The summed E-state index contributed by atoms with van der Waals surface area (Å²) in [7, 11) is 0. The molecule has 0 fully saturated rings. The quantitative estimate of drug-likeness (QED) is 0.399. The van der Waals surface area contributed by atoms with Crippen LogP contribution in [0.4, 0.5) is 13.2 Å². The zero-order chi connectivity index (χ0) is 24.6. The van der Waals surface area contributed by atoms with Gasteiger partial charge in [-0.25, -0.2) is 0 Å². The van der Waals surface area contributed by atoms with Gasteiger partial charge in [-0.3, -0.25) is 0 Å². The minimum atomic E-state index is -4.26. The van der Waals surface area contributed by atoms with Gasteiger partial charge in [-0.1, -0.05) is 106 Å². The minimum absolute atomic E-state index is 0. The van der Waals surface area contributed by atoms with Crippen LogP contribution in [0.1, 0.15) is 116 Å². The van der Waals surface area contributed by atoms with Crippen LogP contribution in [0.2, 0.25) is 0 Å². The van der Waals surface area contributed by atoms with Crippen LogP contribution in [0.5, 0.6) is 0 Å². The van der Waals surface area contributed by atoms with Gasteiger partial charge in [0, 0.05) is 0 Å². The van der Waals surface area contributed by atoms with Gasteiger partial charge in [0.15, 0.2) is 0 Å². The predicted molar refractivity (Wildman–Crippen MR) is 139 cm³/mol. The van der Waals surface area contributed by atoms with Crippen molar-refractivity contribution in [1.82, 2.24) is 0 Å². The molecule has 0 bridgehead atoms. The van der Waals surface area contributed by atoms with Crippen molar-refractivity contribution >= 4 is 0 Å². The summed E-state index contributed by atoms with van der Waals surface area (Å²) in [5.74, 6) is 0. The van der Waals surface area contributed by atoms with Gasteiger partial charge in [0.05, 0.1) is 5.56 Å². The van der Waals surface area contributed by atoms with E-state index < -0.39 is 11.7 Å². The summed E-state index contributed by atoms with van der Waals surface area (Å²) in [6, 6.07) is 13.0. The third-order valence-corrected chi connectivity index (χ3v) is 5.67. The molecule has 0 aromatic heterocycles. The molecule has 2 rings (SSSR count). The van der Waals surface area contributed by atoms with E-state index in [-0.39, 0.29) is 18.3 Å². The molecule has 0 saturated heterocycles. The van der Waals surface area contributed by atoms with E-state index in [9.17, 15) is 13.2 Å². The van der Waals surface area contributed by atoms with Crippen molar-refractivity contribution in [3.63, 3.8) is 0 Å². The van der Waals surface area contributed by atoms with Gasteiger partial charge in [-0.05, 0) is 70.9 Å². The fourth-order valence-electron chi connectivity index (χ4n) is 3.87. The fraction of sp³-hybridized carbons (Fsp3) is 0.600. The molecular formula is C30H47F3. The third kappa shape index (κ3) is 10.4. The average Bonchev–Trinajstić information content (AvgIpc) is 2.69. The second kappa shape index (κ2) is 13.2. The first-order valence-electron chi connectivity index (χ1n) is 12.0. The van der Waals surface area contributed by atoms with Crippen LogP contribution in [0.15, 0.2) is 42.5 Å². The van der Waals surface area contributed by atoms with Crippen molar-refractivity contribution in [3.8, 4) is 0 Å². The summed E-state index contributed by atoms with van der Waals surface area (Å²) in [5, 5.41) is 0. The Morgan fingerprint density at radius 2 is 1.09 bits per heavy atom. The van der Waals surface area contributed by atoms with Crippen molar-refractivity contribution in [2.24, 2.45) is 0 Å². The molecular weight excluding hydrogens is 417 g/mol. The first kappa shape index (κ1) is 31.2. The zero-order valence-electron chi connectivity index (χ0n) is 21.4. The number of rotatable bonds is 6. The Balaban J connectivity index is 0.000000620. The van der Waals surface area contributed by atoms with Crippen LogP contribution in [0, 0.1) is 0 Å². The average molecular weight is 465 g/mol. The summed E-state index contributed by atoms with van der Waals surface area (Å²) >= 11 is 0. The van der Waals surface area contributed by atoms with E-state index in [4.69, 9.17) is 0 Å². The second-order valence-electron chi connectivity index (χ2n) is 10.7. The Bertz CT molecular complexity index is 818. The van der Waals surface area contributed by atoms with Gasteiger partial charge in [0.2, 0.25) is 0 Å². The van der Waals surface area contributed by atoms with Crippen LogP contribution in [-0.2, 0) is 29.8 Å². The van der Waals surface area contributed by atoms with Crippen molar-refractivity contribution < 1.29 is 13.2 Å². The van der Waals surface area contributed by atoms with E-state index >= 15 is 0 Å². The standard InChI is InChI=1S/C15H21F3.C14H22.CH4/c1-5-6-7-11-8-9-12(15(16,17)18)10-13(11)14(2,3)4;1-5-6-9-12-10-7-8-11-13(12)14(2,3)4;/h8-10H,5-7H2,1-4H3;7-8,10-11H,5-6,9H2,1-4H3;1H4. The number of aryl methyl sites for hydroxylation is 2. The summed E-state index contributed by atoms with van der Waals surface area (Å²) in [6.07, 6.45) is 2.44. The molecule has 0 saturated carbocycles. The van der Waals surface area contributed by atoms with Gasteiger partial charge >= 0.3 is 6.18 Å². The zero-order valence-corrected chi connectivity index (χ0v) is 21.4. The molecule has 0 unspecified atom stereocenters. The van der Waals surface area contributed by atoms with E-state index in [1.165, 1.54) is 42.5 Å². The number of halogens is 3. The van der Waals surface area contributed by atoms with Gasteiger partial charge in [0.25, 0.3) is 0 Å². The molecule has 0 N–H and O–H groups in total. The highest BCUT2D eigenvalue weighted by molar-refractivity contribution is 5.38. The molecule has 0 aliphatic rings. The molecule has 188 valence electrons. The monoisotopic (exact) mass is 464 g/mol. The SMILES string of the molecule is C.CCCCc1ccc(C(F)(F)F)cc1C(C)(C)C.CCCCc1ccccc1C(C)(C)C. The second-order valence-corrected chi connectivity index (χ2v) is 10.7. The summed E-state index contributed by atoms with van der Waals surface area (Å²) in [5.41, 5.74) is 4.36. The maximum Gasteiger partial charge on any atom is 0.416 e. The summed E-state index contributed by atoms with van der Waals surface area (Å²) in [4.78, 5) is 0. The van der Waals surface area contributed by atoms with Crippen molar-refractivity contribution in [2.45, 2.75) is 118 Å². The Labute approximate surface area is 202 Å². The number of hydrogen-bond acceptors (Lipinski definition) is 0. The molecule has 3 heteroatoms. The lowest BCUT2D eigenvalue weighted by Crippen LogP contribution is -2.17. The molecule has 0 amide bonds. The van der Waals surface area contributed by atoms with E-state index in [0.29, 0.717) is 0 Å². The highest BCUT2D eigenvalue weighted by Gasteiger charge is 2.32. The van der Waals surface area contributed by atoms with E-state index in [1.807, 2.05) is 20.8 Å². The molecule has 33 heavy (non-hydrogen) atoms. The van der Waals surface area contributed by atoms with Crippen LogP contribution < -0.4 is 0 Å².